The summed E-state index contributed by atoms with van der Waals surface area (Å²) in [6.45, 7) is 5.12. The highest BCUT2D eigenvalue weighted by Gasteiger charge is 2.17. The van der Waals surface area contributed by atoms with Crippen molar-refractivity contribution in [3.63, 3.8) is 0 Å². The van der Waals surface area contributed by atoms with E-state index >= 15 is 0 Å². The number of H-pyrrole nitrogens is 1. The Morgan fingerprint density at radius 2 is 2.12 bits per heavy atom. The van der Waals surface area contributed by atoms with Gasteiger partial charge in [0.1, 0.15) is 0 Å². The van der Waals surface area contributed by atoms with Crippen molar-refractivity contribution in [1.82, 2.24) is 4.98 Å². The number of halogens is 1. The van der Waals surface area contributed by atoms with E-state index in [-0.39, 0.29) is 0 Å². The van der Waals surface area contributed by atoms with Gasteiger partial charge in [-0.25, -0.2) is 0 Å². The lowest BCUT2D eigenvalue weighted by Gasteiger charge is -2.18. The fraction of sp³-hybridized carbons (Fsp3) is 0.385. The second kappa shape index (κ2) is 4.60. The molecule has 1 aromatic heterocycles. The third-order valence-electron chi connectivity index (χ3n) is 3.13. The number of aromatic amines is 1. The van der Waals surface area contributed by atoms with Crippen LogP contribution < -0.4 is 5.73 Å². The molecule has 3 heteroatoms. The van der Waals surface area contributed by atoms with Gasteiger partial charge >= 0.3 is 0 Å². The lowest BCUT2D eigenvalue weighted by Crippen LogP contribution is -2.17. The Bertz CT molecular complexity index is 488. The van der Waals surface area contributed by atoms with E-state index in [1.165, 1.54) is 16.5 Å². The number of hydrogen-bond donors (Lipinski definition) is 2. The second-order valence-corrected chi connectivity index (χ2v) is 5.44. The smallest absolute Gasteiger partial charge is 0.0457 e. The van der Waals surface area contributed by atoms with E-state index in [4.69, 9.17) is 5.73 Å². The topological polar surface area (TPSA) is 41.8 Å². The van der Waals surface area contributed by atoms with Gasteiger partial charge in [-0.3, -0.25) is 0 Å². The van der Waals surface area contributed by atoms with Crippen LogP contribution in [0.1, 0.15) is 25.3 Å². The maximum Gasteiger partial charge on any atom is 0.0457 e. The molecule has 16 heavy (non-hydrogen) atoms. The maximum absolute atomic E-state index is 5.87. The molecule has 0 spiro atoms. The van der Waals surface area contributed by atoms with E-state index < -0.39 is 0 Å². The zero-order valence-electron chi connectivity index (χ0n) is 9.63. The van der Waals surface area contributed by atoms with Crippen molar-refractivity contribution < 1.29 is 0 Å². The lowest BCUT2D eigenvalue weighted by molar-refractivity contribution is 0.509. The van der Waals surface area contributed by atoms with Crippen molar-refractivity contribution in [2.24, 2.45) is 11.7 Å². The highest BCUT2D eigenvalue weighted by Crippen LogP contribution is 2.31. The largest absolute Gasteiger partial charge is 0.361 e. The summed E-state index contributed by atoms with van der Waals surface area (Å²) in [7, 11) is 0. The first-order valence-electron chi connectivity index (χ1n) is 5.60. The van der Waals surface area contributed by atoms with Gasteiger partial charge in [-0.15, -0.1) is 0 Å². The van der Waals surface area contributed by atoms with Crippen LogP contribution in [0.15, 0.2) is 28.9 Å². The monoisotopic (exact) mass is 280 g/mol. The maximum atomic E-state index is 5.87. The van der Waals surface area contributed by atoms with Crippen molar-refractivity contribution >= 4 is 26.8 Å². The molecule has 1 heterocycles. The summed E-state index contributed by atoms with van der Waals surface area (Å²) < 4.78 is 1.11. The summed E-state index contributed by atoms with van der Waals surface area (Å²) in [6.07, 6.45) is 2.09. The Hall–Kier alpha value is -0.800. The molecule has 0 aliphatic carbocycles. The highest BCUT2D eigenvalue weighted by atomic mass is 79.9. The number of nitrogens with one attached hydrogen (secondary N) is 1. The molecule has 0 radical (unpaired) electrons. The summed E-state index contributed by atoms with van der Waals surface area (Å²) in [4.78, 5) is 3.31. The first kappa shape index (κ1) is 11.7. The van der Waals surface area contributed by atoms with Crippen LogP contribution in [0.4, 0.5) is 0 Å². The molecule has 1 aromatic carbocycles. The van der Waals surface area contributed by atoms with E-state index in [1.54, 1.807) is 0 Å². The molecule has 2 rings (SSSR count). The van der Waals surface area contributed by atoms with Gasteiger partial charge in [0, 0.05) is 27.5 Å². The predicted molar refractivity (Wildman–Crippen MR) is 72.6 cm³/mol. The van der Waals surface area contributed by atoms with Crippen LogP contribution in [0.2, 0.25) is 0 Å². The first-order chi connectivity index (χ1) is 7.63. The van der Waals surface area contributed by atoms with E-state index in [2.05, 4.69) is 59.2 Å². The Morgan fingerprint density at radius 3 is 2.75 bits per heavy atom. The van der Waals surface area contributed by atoms with Crippen LogP contribution in [0.5, 0.6) is 0 Å². The van der Waals surface area contributed by atoms with Crippen molar-refractivity contribution in [1.29, 1.82) is 0 Å². The normalized spacial score (nSPS) is 13.6. The summed E-state index contributed by atoms with van der Waals surface area (Å²) in [6, 6.07) is 6.30. The number of rotatable bonds is 3. The fourth-order valence-electron chi connectivity index (χ4n) is 2.18. The Kier molecular flexibility index (Phi) is 3.36. The molecule has 1 atom stereocenters. The number of fused-ring (bicyclic) bond motifs is 1. The van der Waals surface area contributed by atoms with Gasteiger partial charge < -0.3 is 10.7 Å². The van der Waals surface area contributed by atoms with Crippen LogP contribution >= 0.6 is 15.9 Å². The molecule has 0 aliphatic rings. The zero-order chi connectivity index (χ0) is 11.7. The average molecular weight is 281 g/mol. The number of aromatic nitrogens is 1. The summed E-state index contributed by atoms with van der Waals surface area (Å²) in [5.74, 6) is 0.978. The highest BCUT2D eigenvalue weighted by molar-refractivity contribution is 9.10. The molecule has 86 valence electrons. The SMILES string of the molecule is CC(C)C(CN)c1c[nH]c2ccc(Br)cc12. The van der Waals surface area contributed by atoms with Crippen molar-refractivity contribution in [2.75, 3.05) is 6.54 Å². The summed E-state index contributed by atoms with van der Waals surface area (Å²) >= 11 is 3.51. The Labute approximate surface area is 104 Å². The van der Waals surface area contributed by atoms with Crippen LogP contribution in [-0.4, -0.2) is 11.5 Å². The van der Waals surface area contributed by atoms with Gasteiger partial charge in [-0.05, 0) is 36.2 Å². The quantitative estimate of drug-likeness (QED) is 0.886. The van der Waals surface area contributed by atoms with Gasteiger partial charge in [-0.1, -0.05) is 29.8 Å². The lowest BCUT2D eigenvalue weighted by atomic mass is 9.88. The van der Waals surface area contributed by atoms with Gasteiger partial charge in [0.15, 0.2) is 0 Å². The van der Waals surface area contributed by atoms with Crippen LogP contribution in [0.3, 0.4) is 0 Å². The van der Waals surface area contributed by atoms with Crippen molar-refractivity contribution in [3.05, 3.63) is 34.4 Å². The Balaban J connectivity index is 2.55. The fourth-order valence-corrected chi connectivity index (χ4v) is 2.54. The van der Waals surface area contributed by atoms with E-state index in [0.29, 0.717) is 18.4 Å². The molecular formula is C13H17BrN2. The zero-order valence-corrected chi connectivity index (χ0v) is 11.2. The third kappa shape index (κ3) is 2.02. The molecule has 0 saturated carbocycles. The molecule has 2 aromatic rings. The molecule has 3 N–H and O–H groups in total. The summed E-state index contributed by atoms with van der Waals surface area (Å²) in [5, 5.41) is 1.28. The van der Waals surface area contributed by atoms with Crippen molar-refractivity contribution in [3.8, 4) is 0 Å². The molecule has 0 amide bonds. The number of benzene rings is 1. The summed E-state index contributed by atoms with van der Waals surface area (Å²) in [5.41, 5.74) is 8.37. The van der Waals surface area contributed by atoms with E-state index in [0.717, 1.165) is 4.47 Å². The molecule has 0 bridgehead atoms. The molecule has 0 aliphatic heterocycles. The van der Waals surface area contributed by atoms with Gasteiger partial charge in [-0.2, -0.15) is 0 Å². The second-order valence-electron chi connectivity index (χ2n) is 4.52. The van der Waals surface area contributed by atoms with E-state index in [1.807, 2.05) is 0 Å². The number of nitrogens with two attached hydrogens (primary N) is 1. The van der Waals surface area contributed by atoms with Gasteiger partial charge in [0.2, 0.25) is 0 Å². The van der Waals surface area contributed by atoms with Crippen LogP contribution in [0, 0.1) is 5.92 Å². The minimum absolute atomic E-state index is 0.419. The molecule has 0 saturated heterocycles. The molecule has 2 nitrogen and oxygen atoms in total. The predicted octanol–water partition coefficient (Wildman–Crippen LogP) is 3.63. The van der Waals surface area contributed by atoms with Crippen molar-refractivity contribution in [2.45, 2.75) is 19.8 Å². The molecule has 1 unspecified atom stereocenters. The Morgan fingerprint density at radius 1 is 1.38 bits per heavy atom. The van der Waals surface area contributed by atoms with Crippen LogP contribution in [0.25, 0.3) is 10.9 Å². The van der Waals surface area contributed by atoms with Crippen LogP contribution in [-0.2, 0) is 0 Å². The minimum Gasteiger partial charge on any atom is -0.361 e. The van der Waals surface area contributed by atoms with Gasteiger partial charge in [0.05, 0.1) is 0 Å². The molecule has 0 fully saturated rings. The average Bonchev–Trinajstić information content (AvgIpc) is 2.62. The van der Waals surface area contributed by atoms with Gasteiger partial charge in [0.25, 0.3) is 0 Å². The third-order valence-corrected chi connectivity index (χ3v) is 3.63. The van der Waals surface area contributed by atoms with E-state index in [9.17, 15) is 0 Å². The first-order valence-corrected chi connectivity index (χ1v) is 6.39. The number of hydrogen-bond acceptors (Lipinski definition) is 1. The standard InChI is InChI=1S/C13H17BrN2/c1-8(2)11(6-15)12-7-16-13-4-3-9(14)5-10(12)13/h3-5,7-8,11,16H,6,15H2,1-2H3. The molecular weight excluding hydrogens is 264 g/mol. The minimum atomic E-state index is 0.419.